The number of likely N-dealkylation sites (N-methyl/N-ethyl adjacent to an activating group) is 1. The molecule has 1 aliphatic heterocycles. The standard InChI is InChI=1S/C15H23N3O2S/c1-17(2)10-6-7-18(8-10)15-13(20-3)11(16)14(21-15)12(19)9-4-5-9/h9-10H,4-8,16H2,1-3H3. The molecule has 2 heterocycles. The van der Waals surface area contributed by atoms with Gasteiger partial charge in [0.15, 0.2) is 11.5 Å². The van der Waals surface area contributed by atoms with Gasteiger partial charge in [0.05, 0.1) is 17.7 Å². The Morgan fingerprint density at radius 3 is 2.62 bits per heavy atom. The molecule has 2 aliphatic rings. The first kappa shape index (κ1) is 14.7. The molecule has 1 atom stereocenters. The molecular weight excluding hydrogens is 286 g/mol. The van der Waals surface area contributed by atoms with Gasteiger partial charge in [-0.2, -0.15) is 0 Å². The van der Waals surface area contributed by atoms with E-state index in [1.165, 1.54) is 11.3 Å². The Hall–Kier alpha value is -1.27. The number of ether oxygens (including phenoxy) is 1. The number of methoxy groups -OCH3 is 1. The average molecular weight is 309 g/mol. The van der Waals surface area contributed by atoms with Gasteiger partial charge in [-0.25, -0.2) is 0 Å². The largest absolute Gasteiger partial charge is 0.492 e. The lowest BCUT2D eigenvalue weighted by molar-refractivity contribution is 0.0972. The molecule has 1 saturated carbocycles. The maximum absolute atomic E-state index is 12.3. The zero-order valence-corrected chi connectivity index (χ0v) is 13.7. The Labute approximate surface area is 129 Å². The van der Waals surface area contributed by atoms with E-state index in [0.29, 0.717) is 22.4 Å². The quantitative estimate of drug-likeness (QED) is 0.844. The summed E-state index contributed by atoms with van der Waals surface area (Å²) in [6.45, 7) is 1.94. The highest BCUT2D eigenvalue weighted by Gasteiger charge is 2.36. The van der Waals surface area contributed by atoms with Crippen LogP contribution in [0.2, 0.25) is 0 Å². The third-order valence-corrected chi connectivity index (χ3v) is 5.70. The molecular formula is C15H23N3O2S. The van der Waals surface area contributed by atoms with Crippen molar-refractivity contribution in [2.24, 2.45) is 5.92 Å². The fraction of sp³-hybridized carbons (Fsp3) is 0.667. The van der Waals surface area contributed by atoms with Crippen molar-refractivity contribution < 1.29 is 9.53 Å². The number of nitrogen functional groups attached to an aromatic ring is 1. The van der Waals surface area contributed by atoms with Gasteiger partial charge >= 0.3 is 0 Å². The van der Waals surface area contributed by atoms with Crippen LogP contribution in [0.25, 0.3) is 0 Å². The number of hydrogen-bond donors (Lipinski definition) is 1. The first-order chi connectivity index (χ1) is 10.0. The third-order valence-electron chi connectivity index (χ3n) is 4.44. The van der Waals surface area contributed by atoms with Gasteiger partial charge in [0.1, 0.15) is 5.00 Å². The maximum Gasteiger partial charge on any atom is 0.178 e. The Morgan fingerprint density at radius 1 is 1.38 bits per heavy atom. The summed E-state index contributed by atoms with van der Waals surface area (Å²) in [5.74, 6) is 1.07. The summed E-state index contributed by atoms with van der Waals surface area (Å²) < 4.78 is 5.49. The highest BCUT2D eigenvalue weighted by molar-refractivity contribution is 7.19. The summed E-state index contributed by atoms with van der Waals surface area (Å²) in [4.78, 5) is 17.6. The lowest BCUT2D eigenvalue weighted by atomic mass is 10.2. The lowest BCUT2D eigenvalue weighted by Crippen LogP contribution is -2.31. The van der Waals surface area contributed by atoms with Gasteiger partial charge in [-0.05, 0) is 33.4 Å². The van der Waals surface area contributed by atoms with Crippen LogP contribution in [0.5, 0.6) is 5.75 Å². The molecule has 0 bridgehead atoms. The maximum atomic E-state index is 12.3. The minimum Gasteiger partial charge on any atom is -0.492 e. The van der Waals surface area contributed by atoms with Crippen molar-refractivity contribution in [3.8, 4) is 5.75 Å². The summed E-state index contributed by atoms with van der Waals surface area (Å²) >= 11 is 1.51. The fourth-order valence-corrected chi connectivity index (χ4v) is 4.13. The van der Waals surface area contributed by atoms with Gasteiger partial charge in [0, 0.05) is 25.0 Å². The van der Waals surface area contributed by atoms with Crippen molar-refractivity contribution in [3.05, 3.63) is 4.88 Å². The van der Waals surface area contributed by atoms with E-state index in [2.05, 4.69) is 23.9 Å². The number of thiophene rings is 1. The Morgan fingerprint density at radius 2 is 2.10 bits per heavy atom. The minimum atomic E-state index is 0.191. The molecule has 1 aliphatic carbocycles. The van der Waals surface area contributed by atoms with Crippen molar-refractivity contribution in [3.63, 3.8) is 0 Å². The molecule has 116 valence electrons. The van der Waals surface area contributed by atoms with Crippen molar-refractivity contribution in [1.29, 1.82) is 0 Å². The zero-order chi connectivity index (χ0) is 15.1. The first-order valence-corrected chi connectivity index (χ1v) is 8.26. The summed E-state index contributed by atoms with van der Waals surface area (Å²) in [5, 5.41) is 1.02. The van der Waals surface area contributed by atoms with Crippen molar-refractivity contribution in [1.82, 2.24) is 4.90 Å². The summed E-state index contributed by atoms with van der Waals surface area (Å²) in [5.41, 5.74) is 6.70. The zero-order valence-electron chi connectivity index (χ0n) is 12.9. The molecule has 2 N–H and O–H groups in total. The molecule has 21 heavy (non-hydrogen) atoms. The van der Waals surface area contributed by atoms with Crippen LogP contribution in [0, 0.1) is 5.92 Å². The second kappa shape index (κ2) is 5.50. The van der Waals surface area contributed by atoms with Crippen LogP contribution < -0.4 is 15.4 Å². The van der Waals surface area contributed by atoms with E-state index in [1.54, 1.807) is 7.11 Å². The monoisotopic (exact) mass is 309 g/mol. The highest BCUT2D eigenvalue weighted by atomic mass is 32.1. The second-order valence-corrected chi connectivity index (χ2v) is 7.17. The number of hydrogen-bond acceptors (Lipinski definition) is 6. The van der Waals surface area contributed by atoms with E-state index in [-0.39, 0.29) is 11.7 Å². The number of nitrogens with zero attached hydrogens (tertiary/aromatic N) is 2. The smallest absolute Gasteiger partial charge is 0.178 e. The van der Waals surface area contributed by atoms with Crippen LogP contribution >= 0.6 is 11.3 Å². The highest BCUT2D eigenvalue weighted by Crippen LogP contribution is 2.48. The van der Waals surface area contributed by atoms with E-state index in [0.717, 1.165) is 37.4 Å². The number of Topliss-reactive ketones (excluding diaryl/α,β-unsaturated/α-hetero) is 1. The van der Waals surface area contributed by atoms with E-state index >= 15 is 0 Å². The molecule has 0 spiro atoms. The van der Waals surface area contributed by atoms with Crippen LogP contribution in [0.15, 0.2) is 0 Å². The number of carbonyl (C=O) groups is 1. The summed E-state index contributed by atoms with van der Waals surface area (Å²) in [7, 11) is 5.85. The van der Waals surface area contributed by atoms with Crippen LogP contribution in [0.3, 0.4) is 0 Å². The molecule has 6 heteroatoms. The van der Waals surface area contributed by atoms with Gasteiger partial charge < -0.3 is 20.3 Å². The predicted molar refractivity (Wildman–Crippen MR) is 86.6 cm³/mol. The molecule has 1 aromatic heterocycles. The Bertz CT molecular complexity index is 551. The average Bonchev–Trinajstić information content (AvgIpc) is 3.08. The number of nitrogens with two attached hydrogens (primary N) is 1. The van der Waals surface area contributed by atoms with Crippen molar-refractivity contribution in [2.75, 3.05) is 44.9 Å². The predicted octanol–water partition coefficient (Wildman–Crippen LogP) is 2.07. The normalized spacial score (nSPS) is 22.1. The number of ketones is 1. The summed E-state index contributed by atoms with van der Waals surface area (Å²) in [6.07, 6.45) is 3.13. The Kier molecular flexibility index (Phi) is 3.84. The molecule has 1 unspecified atom stereocenters. The van der Waals surface area contributed by atoms with E-state index in [4.69, 9.17) is 10.5 Å². The first-order valence-electron chi connectivity index (χ1n) is 7.44. The molecule has 3 rings (SSSR count). The molecule has 0 amide bonds. The number of carbonyl (C=O) groups excluding carboxylic acids is 1. The van der Waals surface area contributed by atoms with Crippen molar-refractivity contribution in [2.45, 2.75) is 25.3 Å². The second-order valence-electron chi connectivity index (χ2n) is 6.17. The van der Waals surface area contributed by atoms with Gasteiger partial charge in [-0.15, -0.1) is 11.3 Å². The van der Waals surface area contributed by atoms with Crippen LogP contribution in [0.1, 0.15) is 28.9 Å². The van der Waals surface area contributed by atoms with E-state index in [9.17, 15) is 4.79 Å². The van der Waals surface area contributed by atoms with Crippen LogP contribution in [-0.2, 0) is 0 Å². The van der Waals surface area contributed by atoms with Gasteiger partial charge in [0.25, 0.3) is 0 Å². The van der Waals surface area contributed by atoms with Gasteiger partial charge in [0.2, 0.25) is 0 Å². The lowest BCUT2D eigenvalue weighted by Gasteiger charge is -2.21. The molecule has 1 saturated heterocycles. The van der Waals surface area contributed by atoms with Crippen molar-refractivity contribution >= 4 is 27.8 Å². The molecule has 0 radical (unpaired) electrons. The molecule has 0 aromatic carbocycles. The third kappa shape index (κ3) is 2.62. The van der Waals surface area contributed by atoms with E-state index < -0.39 is 0 Å². The minimum absolute atomic E-state index is 0.191. The number of rotatable bonds is 5. The Balaban J connectivity index is 1.88. The molecule has 1 aromatic rings. The van der Waals surface area contributed by atoms with Crippen LogP contribution in [-0.4, -0.2) is 51.0 Å². The SMILES string of the molecule is COc1c(N2CCC(N(C)C)C2)sc(C(=O)C2CC2)c1N. The molecule has 5 nitrogen and oxygen atoms in total. The molecule has 2 fully saturated rings. The van der Waals surface area contributed by atoms with Crippen LogP contribution in [0.4, 0.5) is 10.7 Å². The fourth-order valence-electron chi connectivity index (χ4n) is 2.88. The van der Waals surface area contributed by atoms with E-state index in [1.807, 2.05) is 0 Å². The topological polar surface area (TPSA) is 58.8 Å². The van der Waals surface area contributed by atoms with Gasteiger partial charge in [-0.1, -0.05) is 0 Å². The van der Waals surface area contributed by atoms with Gasteiger partial charge in [-0.3, -0.25) is 4.79 Å². The number of anilines is 2. The summed E-state index contributed by atoms with van der Waals surface area (Å²) in [6, 6.07) is 0.542.